The number of rotatable bonds is 5. The molecule has 0 spiro atoms. The number of carbonyl (C=O) groups excluding carboxylic acids is 2. The Kier molecular flexibility index (Phi) is 4.46. The third kappa shape index (κ3) is 3.74. The summed E-state index contributed by atoms with van der Waals surface area (Å²) >= 11 is 0. The van der Waals surface area contributed by atoms with Gasteiger partial charge in [-0.2, -0.15) is 0 Å². The maximum absolute atomic E-state index is 11.7. The van der Waals surface area contributed by atoms with Crippen LogP contribution in [-0.4, -0.2) is 28.4 Å². The van der Waals surface area contributed by atoms with E-state index >= 15 is 0 Å². The third-order valence-corrected chi connectivity index (χ3v) is 4.59. The van der Waals surface area contributed by atoms with Crippen molar-refractivity contribution >= 4 is 28.5 Å². The molecule has 4 rings (SSSR count). The summed E-state index contributed by atoms with van der Waals surface area (Å²) in [6, 6.07) is 17.8. The maximum atomic E-state index is 11.7. The molecule has 2 heterocycles. The van der Waals surface area contributed by atoms with Gasteiger partial charge >= 0.3 is 6.03 Å². The number of pyridine rings is 1. The zero-order valence-electron chi connectivity index (χ0n) is 15.0. The predicted octanol–water partition coefficient (Wildman–Crippen LogP) is 3.21. The summed E-state index contributed by atoms with van der Waals surface area (Å²) in [5.74, 6) is -0.196. The van der Waals surface area contributed by atoms with Crippen LogP contribution in [0.15, 0.2) is 54.6 Å². The minimum absolute atomic E-state index is 0.0765. The molecule has 27 heavy (non-hydrogen) atoms. The molecule has 1 saturated heterocycles. The van der Waals surface area contributed by atoms with E-state index in [1.165, 1.54) is 4.90 Å². The first kappa shape index (κ1) is 17.0. The summed E-state index contributed by atoms with van der Waals surface area (Å²) < 4.78 is 0. The van der Waals surface area contributed by atoms with Crippen LogP contribution in [0.4, 0.5) is 10.5 Å². The van der Waals surface area contributed by atoms with Crippen LogP contribution < -0.4 is 10.6 Å². The average Bonchev–Trinajstić information content (AvgIpc) is 2.99. The molecule has 2 aromatic carbocycles. The van der Waals surface area contributed by atoms with Crippen molar-refractivity contribution in [3.05, 3.63) is 71.4 Å². The second-order valence-electron chi connectivity index (χ2n) is 6.67. The Hall–Kier alpha value is -3.41. The van der Waals surface area contributed by atoms with E-state index < -0.39 is 0 Å². The number of hydrogen-bond donors (Lipinski definition) is 2. The van der Waals surface area contributed by atoms with Gasteiger partial charge in [-0.25, -0.2) is 4.79 Å². The Balaban J connectivity index is 1.45. The van der Waals surface area contributed by atoms with Crippen LogP contribution in [-0.2, 0) is 17.9 Å². The number of aryl methyl sites for hydroxylation is 1. The third-order valence-electron chi connectivity index (χ3n) is 4.59. The first-order chi connectivity index (χ1) is 13.1. The van der Waals surface area contributed by atoms with Gasteiger partial charge in [0, 0.05) is 23.3 Å². The number of aromatic nitrogens is 1. The maximum Gasteiger partial charge on any atom is 0.324 e. The summed E-state index contributed by atoms with van der Waals surface area (Å²) in [7, 11) is 0. The van der Waals surface area contributed by atoms with Crippen molar-refractivity contribution < 1.29 is 9.59 Å². The lowest BCUT2D eigenvalue weighted by Crippen LogP contribution is -2.30. The van der Waals surface area contributed by atoms with Gasteiger partial charge < -0.3 is 10.6 Å². The van der Waals surface area contributed by atoms with Crippen molar-refractivity contribution in [1.29, 1.82) is 0 Å². The van der Waals surface area contributed by atoms with E-state index in [1.807, 2.05) is 43.3 Å². The highest BCUT2D eigenvalue weighted by Gasteiger charge is 2.28. The monoisotopic (exact) mass is 360 g/mol. The SMILES string of the molecule is Cc1ccc2cc(CNc3cccc(CN4C(=O)CNC4=O)c3)ccc2n1. The summed E-state index contributed by atoms with van der Waals surface area (Å²) in [6.07, 6.45) is 0. The number of anilines is 1. The number of nitrogens with zero attached hydrogens (tertiary/aromatic N) is 2. The second kappa shape index (κ2) is 7.07. The highest BCUT2D eigenvalue weighted by molar-refractivity contribution is 6.01. The molecular formula is C21H20N4O2. The number of carbonyl (C=O) groups is 2. The molecule has 1 aliphatic rings. The molecular weight excluding hydrogens is 340 g/mol. The molecule has 0 saturated carbocycles. The van der Waals surface area contributed by atoms with Crippen LogP contribution >= 0.6 is 0 Å². The van der Waals surface area contributed by atoms with E-state index in [9.17, 15) is 9.59 Å². The van der Waals surface area contributed by atoms with Crippen molar-refractivity contribution in [2.75, 3.05) is 11.9 Å². The fraction of sp³-hybridized carbons (Fsp3) is 0.190. The molecule has 0 atom stereocenters. The molecule has 6 nitrogen and oxygen atoms in total. The molecule has 1 aromatic heterocycles. The molecule has 6 heteroatoms. The van der Waals surface area contributed by atoms with Crippen molar-refractivity contribution in [2.24, 2.45) is 0 Å². The van der Waals surface area contributed by atoms with Gasteiger partial charge in [0.05, 0.1) is 18.6 Å². The van der Waals surface area contributed by atoms with Crippen molar-refractivity contribution in [3.63, 3.8) is 0 Å². The van der Waals surface area contributed by atoms with Crippen LogP contribution in [0.1, 0.15) is 16.8 Å². The van der Waals surface area contributed by atoms with Gasteiger partial charge in [-0.3, -0.25) is 14.7 Å². The number of nitrogens with one attached hydrogen (secondary N) is 2. The van der Waals surface area contributed by atoms with Gasteiger partial charge in [-0.1, -0.05) is 24.3 Å². The summed E-state index contributed by atoms with van der Waals surface area (Å²) in [4.78, 5) is 29.2. The van der Waals surface area contributed by atoms with Gasteiger partial charge in [0.15, 0.2) is 0 Å². The highest BCUT2D eigenvalue weighted by Crippen LogP contribution is 2.18. The van der Waals surface area contributed by atoms with E-state index in [2.05, 4.69) is 33.8 Å². The zero-order chi connectivity index (χ0) is 18.8. The van der Waals surface area contributed by atoms with Crippen LogP contribution in [0.5, 0.6) is 0 Å². The Labute approximate surface area is 157 Å². The predicted molar refractivity (Wildman–Crippen MR) is 104 cm³/mol. The smallest absolute Gasteiger partial charge is 0.324 e. The quantitative estimate of drug-likeness (QED) is 0.685. The van der Waals surface area contributed by atoms with Crippen molar-refractivity contribution in [1.82, 2.24) is 15.2 Å². The molecule has 0 bridgehead atoms. The summed E-state index contributed by atoms with van der Waals surface area (Å²) in [6.45, 7) is 3.02. The largest absolute Gasteiger partial charge is 0.381 e. The first-order valence-electron chi connectivity index (χ1n) is 8.86. The minimum atomic E-state index is -0.335. The normalized spacial score (nSPS) is 13.9. The van der Waals surface area contributed by atoms with Crippen molar-refractivity contribution in [2.45, 2.75) is 20.0 Å². The number of benzene rings is 2. The van der Waals surface area contributed by atoms with Gasteiger partial charge in [0.25, 0.3) is 0 Å². The minimum Gasteiger partial charge on any atom is -0.381 e. The topological polar surface area (TPSA) is 74.3 Å². The average molecular weight is 360 g/mol. The van der Waals surface area contributed by atoms with Crippen LogP contribution in [0.3, 0.4) is 0 Å². The first-order valence-corrected chi connectivity index (χ1v) is 8.86. The van der Waals surface area contributed by atoms with Gasteiger partial charge in [0.2, 0.25) is 5.91 Å². The summed E-state index contributed by atoms with van der Waals surface area (Å²) in [5, 5.41) is 7.05. The molecule has 3 amide bonds. The Morgan fingerprint density at radius 1 is 1.07 bits per heavy atom. The van der Waals surface area contributed by atoms with E-state index in [4.69, 9.17) is 0 Å². The Bertz CT molecular complexity index is 1020. The fourth-order valence-electron chi connectivity index (χ4n) is 3.17. The van der Waals surface area contributed by atoms with Crippen LogP contribution in [0.2, 0.25) is 0 Å². The van der Waals surface area contributed by atoms with Gasteiger partial charge in [0.1, 0.15) is 0 Å². The second-order valence-corrected chi connectivity index (χ2v) is 6.67. The van der Waals surface area contributed by atoms with Crippen LogP contribution in [0.25, 0.3) is 10.9 Å². The van der Waals surface area contributed by atoms with Gasteiger partial charge in [-0.15, -0.1) is 0 Å². The van der Waals surface area contributed by atoms with E-state index in [-0.39, 0.29) is 25.0 Å². The standard InChI is InChI=1S/C21H20N4O2/c1-14-5-7-17-9-15(6-8-19(17)24-14)11-22-18-4-2-3-16(10-18)13-25-20(26)12-23-21(25)27/h2-10,22H,11-13H2,1H3,(H,23,27). The fourth-order valence-corrected chi connectivity index (χ4v) is 3.17. The number of hydrogen-bond acceptors (Lipinski definition) is 4. The molecule has 0 radical (unpaired) electrons. The lowest BCUT2D eigenvalue weighted by Gasteiger charge is -2.14. The highest BCUT2D eigenvalue weighted by atomic mass is 16.2. The number of fused-ring (bicyclic) bond motifs is 1. The number of amides is 3. The van der Waals surface area contributed by atoms with E-state index in [0.717, 1.165) is 33.4 Å². The van der Waals surface area contributed by atoms with E-state index in [1.54, 1.807) is 0 Å². The molecule has 1 fully saturated rings. The molecule has 0 aliphatic carbocycles. The van der Waals surface area contributed by atoms with Crippen molar-refractivity contribution in [3.8, 4) is 0 Å². The number of urea groups is 1. The molecule has 136 valence electrons. The number of imide groups is 1. The zero-order valence-corrected chi connectivity index (χ0v) is 15.0. The summed E-state index contributed by atoms with van der Waals surface area (Å²) in [5.41, 5.74) is 5.02. The lowest BCUT2D eigenvalue weighted by atomic mass is 10.1. The molecule has 2 N–H and O–H groups in total. The Morgan fingerprint density at radius 2 is 1.96 bits per heavy atom. The van der Waals surface area contributed by atoms with Gasteiger partial charge in [-0.05, 0) is 48.4 Å². The molecule has 1 aliphatic heterocycles. The van der Waals surface area contributed by atoms with E-state index in [0.29, 0.717) is 6.54 Å². The molecule has 3 aromatic rings. The lowest BCUT2D eigenvalue weighted by molar-refractivity contribution is -0.125. The Morgan fingerprint density at radius 3 is 2.78 bits per heavy atom. The van der Waals surface area contributed by atoms with Crippen LogP contribution in [0, 0.1) is 6.92 Å². The molecule has 0 unspecified atom stereocenters.